The molecule has 0 fully saturated rings. The lowest BCUT2D eigenvalue weighted by Gasteiger charge is -2.37. The molecule has 0 radical (unpaired) electrons. The van der Waals surface area contributed by atoms with Crippen LogP contribution in [-0.4, -0.2) is 55.0 Å². The van der Waals surface area contributed by atoms with E-state index in [-0.39, 0.29) is 36.6 Å². The van der Waals surface area contributed by atoms with Gasteiger partial charge in [-0.1, -0.05) is 42.5 Å². The SMILES string of the molecule is COCCN(CC(=O)N1CCc2sccc2C1c1ccc(F)cc1)C(=O)Cc1ccccc1. The fraction of sp³-hybridized carbons (Fsp3) is 0.308. The molecule has 33 heavy (non-hydrogen) atoms. The highest BCUT2D eigenvalue weighted by Crippen LogP contribution is 2.37. The van der Waals surface area contributed by atoms with Gasteiger partial charge in [0.05, 0.1) is 25.6 Å². The molecule has 1 aliphatic heterocycles. The maximum absolute atomic E-state index is 13.6. The van der Waals surface area contributed by atoms with E-state index in [1.54, 1.807) is 35.5 Å². The van der Waals surface area contributed by atoms with Crippen molar-refractivity contribution in [2.24, 2.45) is 0 Å². The van der Waals surface area contributed by atoms with Gasteiger partial charge in [0, 0.05) is 25.1 Å². The van der Waals surface area contributed by atoms with Gasteiger partial charge in [0.15, 0.2) is 0 Å². The van der Waals surface area contributed by atoms with Crippen LogP contribution in [0.5, 0.6) is 0 Å². The van der Waals surface area contributed by atoms with E-state index in [1.165, 1.54) is 17.0 Å². The average Bonchev–Trinajstić information content (AvgIpc) is 3.31. The van der Waals surface area contributed by atoms with Crippen molar-refractivity contribution in [2.45, 2.75) is 18.9 Å². The number of carbonyl (C=O) groups is 2. The predicted molar refractivity (Wildman–Crippen MR) is 127 cm³/mol. The van der Waals surface area contributed by atoms with E-state index in [4.69, 9.17) is 4.74 Å². The third-order valence-electron chi connectivity index (χ3n) is 5.91. The first-order valence-corrected chi connectivity index (χ1v) is 11.9. The first-order valence-electron chi connectivity index (χ1n) is 11.0. The molecule has 5 nitrogen and oxygen atoms in total. The van der Waals surface area contributed by atoms with E-state index in [2.05, 4.69) is 0 Å². The van der Waals surface area contributed by atoms with Crippen molar-refractivity contribution in [3.63, 3.8) is 0 Å². The molecule has 0 spiro atoms. The lowest BCUT2D eigenvalue weighted by molar-refractivity contribution is -0.141. The zero-order valence-electron chi connectivity index (χ0n) is 18.6. The number of methoxy groups -OCH3 is 1. The molecule has 2 heterocycles. The Morgan fingerprint density at radius 3 is 2.61 bits per heavy atom. The zero-order chi connectivity index (χ0) is 23.2. The summed E-state index contributed by atoms with van der Waals surface area (Å²) in [6.07, 6.45) is 1.00. The second kappa shape index (κ2) is 10.7. The standard InChI is InChI=1S/C26H27FN2O3S/c1-32-15-14-28(24(30)17-19-5-3-2-4-6-19)18-25(31)29-13-11-23-22(12-16-33-23)26(29)20-7-9-21(27)10-8-20/h2-10,12,16,26H,11,13-15,17-18H2,1H3. The number of benzene rings is 2. The number of nitrogens with zero attached hydrogens (tertiary/aromatic N) is 2. The number of hydrogen-bond acceptors (Lipinski definition) is 4. The molecule has 0 N–H and O–H groups in total. The molecule has 1 atom stereocenters. The number of carbonyl (C=O) groups excluding carboxylic acids is 2. The Labute approximate surface area is 197 Å². The second-order valence-corrected chi connectivity index (χ2v) is 9.06. The van der Waals surface area contributed by atoms with Gasteiger partial charge < -0.3 is 14.5 Å². The molecular weight excluding hydrogens is 439 g/mol. The van der Waals surface area contributed by atoms with Crippen LogP contribution in [0.4, 0.5) is 4.39 Å². The molecule has 3 aromatic rings. The van der Waals surface area contributed by atoms with Crippen molar-refractivity contribution in [1.82, 2.24) is 9.80 Å². The van der Waals surface area contributed by atoms with E-state index in [1.807, 2.05) is 46.7 Å². The van der Waals surface area contributed by atoms with Crippen LogP contribution < -0.4 is 0 Å². The Kier molecular flexibility index (Phi) is 7.52. The van der Waals surface area contributed by atoms with Crippen LogP contribution in [0.1, 0.15) is 27.6 Å². The number of halogens is 1. The van der Waals surface area contributed by atoms with Gasteiger partial charge in [0.25, 0.3) is 0 Å². The van der Waals surface area contributed by atoms with Gasteiger partial charge in [-0.25, -0.2) is 4.39 Å². The van der Waals surface area contributed by atoms with E-state index in [9.17, 15) is 14.0 Å². The van der Waals surface area contributed by atoms with Crippen LogP contribution in [0.15, 0.2) is 66.0 Å². The smallest absolute Gasteiger partial charge is 0.242 e. The van der Waals surface area contributed by atoms with E-state index < -0.39 is 0 Å². The van der Waals surface area contributed by atoms with Gasteiger partial charge in [0.1, 0.15) is 5.82 Å². The van der Waals surface area contributed by atoms with Gasteiger partial charge in [-0.3, -0.25) is 9.59 Å². The second-order valence-electron chi connectivity index (χ2n) is 8.06. The summed E-state index contributed by atoms with van der Waals surface area (Å²) in [5, 5.41) is 2.03. The summed E-state index contributed by atoms with van der Waals surface area (Å²) < 4.78 is 18.8. The van der Waals surface area contributed by atoms with Crippen molar-refractivity contribution in [1.29, 1.82) is 0 Å². The summed E-state index contributed by atoms with van der Waals surface area (Å²) in [5.41, 5.74) is 2.84. The van der Waals surface area contributed by atoms with Crippen molar-refractivity contribution >= 4 is 23.2 Å². The third kappa shape index (κ3) is 5.49. The minimum Gasteiger partial charge on any atom is -0.383 e. The number of rotatable bonds is 8. The van der Waals surface area contributed by atoms with Crippen LogP contribution in [0.2, 0.25) is 0 Å². The van der Waals surface area contributed by atoms with Crippen LogP contribution in [0, 0.1) is 5.82 Å². The number of thiophene rings is 1. The third-order valence-corrected chi connectivity index (χ3v) is 6.91. The monoisotopic (exact) mass is 466 g/mol. The van der Waals surface area contributed by atoms with Crippen LogP contribution in [-0.2, 0) is 27.2 Å². The van der Waals surface area contributed by atoms with Gasteiger partial charge in [0.2, 0.25) is 11.8 Å². The molecular formula is C26H27FN2O3S. The zero-order valence-corrected chi connectivity index (χ0v) is 19.4. The molecule has 0 saturated carbocycles. The normalized spacial score (nSPS) is 15.2. The molecule has 2 aromatic carbocycles. The summed E-state index contributed by atoms with van der Waals surface area (Å²) in [6, 6.07) is 17.6. The van der Waals surface area contributed by atoms with Crippen molar-refractivity contribution in [3.8, 4) is 0 Å². The average molecular weight is 467 g/mol. The number of hydrogen-bond donors (Lipinski definition) is 0. The van der Waals surface area contributed by atoms with Gasteiger partial charge in [-0.2, -0.15) is 0 Å². The fourth-order valence-corrected chi connectivity index (χ4v) is 5.12. The fourth-order valence-electron chi connectivity index (χ4n) is 4.22. The van der Waals surface area contributed by atoms with Gasteiger partial charge in [-0.15, -0.1) is 11.3 Å². The van der Waals surface area contributed by atoms with E-state index >= 15 is 0 Å². The van der Waals surface area contributed by atoms with Gasteiger partial charge in [-0.05, 0) is 46.7 Å². The molecule has 2 amide bonds. The Hall–Kier alpha value is -3.03. The molecule has 4 rings (SSSR count). The molecule has 172 valence electrons. The Balaban J connectivity index is 1.55. The van der Waals surface area contributed by atoms with Crippen molar-refractivity contribution in [2.75, 3.05) is 33.4 Å². The molecule has 1 unspecified atom stereocenters. The molecule has 0 saturated heterocycles. The maximum atomic E-state index is 13.6. The Bertz CT molecular complexity index is 1080. The number of ether oxygens (including phenoxy) is 1. The molecule has 7 heteroatoms. The lowest BCUT2D eigenvalue weighted by Crippen LogP contribution is -2.47. The van der Waals surface area contributed by atoms with E-state index in [0.717, 1.165) is 23.1 Å². The minimum atomic E-state index is -0.310. The molecule has 0 bridgehead atoms. The predicted octanol–water partition coefficient (Wildman–Crippen LogP) is 4.08. The Morgan fingerprint density at radius 1 is 1.12 bits per heavy atom. The first-order chi connectivity index (χ1) is 16.1. The summed E-state index contributed by atoms with van der Waals surface area (Å²) in [4.78, 5) is 31.2. The topological polar surface area (TPSA) is 49.9 Å². The van der Waals surface area contributed by atoms with Gasteiger partial charge >= 0.3 is 0 Å². The molecule has 0 aliphatic carbocycles. The lowest BCUT2D eigenvalue weighted by atomic mass is 9.93. The first kappa shape index (κ1) is 23.1. The van der Waals surface area contributed by atoms with Crippen LogP contribution in [0.25, 0.3) is 0 Å². The highest BCUT2D eigenvalue weighted by Gasteiger charge is 2.34. The summed E-state index contributed by atoms with van der Waals surface area (Å²) in [6.45, 7) is 1.22. The molecule has 1 aliphatic rings. The number of fused-ring (bicyclic) bond motifs is 1. The Morgan fingerprint density at radius 2 is 1.88 bits per heavy atom. The molecule has 1 aromatic heterocycles. The largest absolute Gasteiger partial charge is 0.383 e. The summed E-state index contributed by atoms with van der Waals surface area (Å²) in [7, 11) is 1.58. The van der Waals surface area contributed by atoms with Crippen LogP contribution >= 0.6 is 11.3 Å². The van der Waals surface area contributed by atoms with Crippen LogP contribution in [0.3, 0.4) is 0 Å². The summed E-state index contributed by atoms with van der Waals surface area (Å²) in [5.74, 6) is -0.549. The van der Waals surface area contributed by atoms with E-state index in [0.29, 0.717) is 19.7 Å². The quantitative estimate of drug-likeness (QED) is 0.503. The highest BCUT2D eigenvalue weighted by molar-refractivity contribution is 7.10. The minimum absolute atomic E-state index is 0.0216. The van der Waals surface area contributed by atoms with Crippen molar-refractivity contribution in [3.05, 3.63) is 93.4 Å². The summed E-state index contributed by atoms with van der Waals surface area (Å²) >= 11 is 1.68. The van der Waals surface area contributed by atoms with Crippen molar-refractivity contribution < 1.29 is 18.7 Å². The number of amides is 2. The maximum Gasteiger partial charge on any atom is 0.242 e. The highest BCUT2D eigenvalue weighted by atomic mass is 32.1.